The van der Waals surface area contributed by atoms with Crippen LogP contribution in [0.4, 0.5) is 5.69 Å². The fourth-order valence-electron chi connectivity index (χ4n) is 3.71. The van der Waals surface area contributed by atoms with Crippen LogP contribution in [0.1, 0.15) is 39.1 Å². The Morgan fingerprint density at radius 2 is 1.77 bits per heavy atom. The van der Waals surface area contributed by atoms with Crippen LogP contribution in [0.3, 0.4) is 0 Å². The van der Waals surface area contributed by atoms with Gasteiger partial charge in [0.05, 0.1) is 17.9 Å². The minimum atomic E-state index is -0.273. The normalized spacial score (nSPS) is 14.5. The summed E-state index contributed by atoms with van der Waals surface area (Å²) in [6.45, 7) is 4.84. The number of aromatic nitrogens is 1. The Morgan fingerprint density at radius 3 is 2.42 bits per heavy atom. The topological polar surface area (TPSA) is 92.4 Å². The molecule has 0 saturated carbocycles. The molecule has 2 aromatic rings. The summed E-state index contributed by atoms with van der Waals surface area (Å²) in [5.41, 5.74) is 2.23. The molecular formula is C22H30Cl2N4O3. The number of pyridine rings is 1. The van der Waals surface area contributed by atoms with Gasteiger partial charge >= 0.3 is 0 Å². The second kappa shape index (κ2) is 12.6. The highest BCUT2D eigenvalue weighted by Crippen LogP contribution is 2.29. The maximum Gasteiger partial charge on any atom is 0.255 e. The maximum absolute atomic E-state index is 13.0. The van der Waals surface area contributed by atoms with Crippen molar-refractivity contribution in [3.63, 3.8) is 0 Å². The van der Waals surface area contributed by atoms with E-state index >= 15 is 0 Å². The van der Waals surface area contributed by atoms with Crippen molar-refractivity contribution < 1.29 is 14.3 Å². The summed E-state index contributed by atoms with van der Waals surface area (Å²) in [6.07, 6.45) is 5.02. The zero-order valence-corrected chi connectivity index (χ0v) is 19.4. The Morgan fingerprint density at radius 1 is 1.10 bits per heavy atom. The largest absolute Gasteiger partial charge is 0.384 e. The molecule has 1 aliphatic rings. The second-order valence-electron chi connectivity index (χ2n) is 7.55. The number of anilines is 1. The number of halogens is 2. The fourth-order valence-corrected chi connectivity index (χ4v) is 3.71. The fraction of sp³-hybridized carbons (Fsp3) is 0.409. The lowest BCUT2D eigenvalue weighted by Gasteiger charge is -2.37. The monoisotopic (exact) mass is 468 g/mol. The van der Waals surface area contributed by atoms with Crippen LogP contribution in [-0.2, 0) is 4.74 Å². The first-order valence-corrected chi connectivity index (χ1v) is 9.83. The van der Waals surface area contributed by atoms with Crippen LogP contribution < -0.4 is 16.0 Å². The third-order valence-corrected chi connectivity index (χ3v) is 5.44. The molecule has 31 heavy (non-hydrogen) atoms. The highest BCUT2D eigenvalue weighted by atomic mass is 35.5. The van der Waals surface area contributed by atoms with Gasteiger partial charge in [-0.05, 0) is 56.6 Å². The SMILES string of the molecule is COCC1(CNC(=O)c2cccc(C)c2NC(=O)c2ccncc2)CCNCC1.Cl.Cl. The lowest BCUT2D eigenvalue weighted by Crippen LogP contribution is -2.47. The minimum Gasteiger partial charge on any atom is -0.384 e. The number of rotatable bonds is 7. The second-order valence-corrected chi connectivity index (χ2v) is 7.55. The molecule has 1 aliphatic heterocycles. The number of aryl methyl sites for hydroxylation is 1. The van der Waals surface area contributed by atoms with Crippen LogP contribution in [0.2, 0.25) is 0 Å². The van der Waals surface area contributed by atoms with Crippen molar-refractivity contribution >= 4 is 42.3 Å². The predicted molar refractivity (Wildman–Crippen MR) is 127 cm³/mol. The number of ether oxygens (including phenoxy) is 1. The van der Waals surface area contributed by atoms with E-state index in [0.717, 1.165) is 31.5 Å². The summed E-state index contributed by atoms with van der Waals surface area (Å²) >= 11 is 0. The molecule has 0 aliphatic carbocycles. The number of nitrogens with zero attached hydrogens (tertiary/aromatic N) is 1. The summed E-state index contributed by atoms with van der Waals surface area (Å²) < 4.78 is 5.43. The molecule has 0 atom stereocenters. The van der Waals surface area contributed by atoms with Gasteiger partial charge in [-0.25, -0.2) is 0 Å². The lowest BCUT2D eigenvalue weighted by atomic mass is 9.79. The van der Waals surface area contributed by atoms with E-state index in [1.54, 1.807) is 37.7 Å². The molecule has 170 valence electrons. The van der Waals surface area contributed by atoms with Crippen LogP contribution in [0.25, 0.3) is 0 Å². The van der Waals surface area contributed by atoms with Crippen molar-refractivity contribution in [1.82, 2.24) is 15.6 Å². The van der Waals surface area contributed by atoms with E-state index in [1.165, 1.54) is 0 Å². The third-order valence-electron chi connectivity index (χ3n) is 5.44. The van der Waals surface area contributed by atoms with E-state index in [9.17, 15) is 9.59 Å². The summed E-state index contributed by atoms with van der Waals surface area (Å²) in [4.78, 5) is 29.5. The Balaban J connectivity index is 0.00000240. The van der Waals surface area contributed by atoms with Gasteiger partial charge in [0.2, 0.25) is 0 Å². The standard InChI is InChI=1S/C22H28N4O3.2ClH/c1-16-4-3-5-18(19(16)26-20(27)17-6-10-23-11-7-17)21(28)25-14-22(15-29-2)8-12-24-13-9-22;;/h3-7,10-11,24H,8-9,12-15H2,1-2H3,(H,25,28)(H,26,27);2*1H. The van der Waals surface area contributed by atoms with Gasteiger partial charge in [-0.3, -0.25) is 14.6 Å². The third kappa shape index (κ3) is 6.90. The average Bonchev–Trinajstić information content (AvgIpc) is 2.75. The average molecular weight is 469 g/mol. The highest BCUT2D eigenvalue weighted by molar-refractivity contribution is 6.09. The smallest absolute Gasteiger partial charge is 0.255 e. The van der Waals surface area contributed by atoms with E-state index in [1.807, 2.05) is 19.1 Å². The lowest BCUT2D eigenvalue weighted by molar-refractivity contribution is 0.0512. The summed E-state index contributed by atoms with van der Waals surface area (Å²) in [6, 6.07) is 8.70. The van der Waals surface area contributed by atoms with Crippen molar-refractivity contribution in [1.29, 1.82) is 0 Å². The molecule has 7 nitrogen and oxygen atoms in total. The molecule has 0 radical (unpaired) electrons. The first-order valence-electron chi connectivity index (χ1n) is 9.83. The first kappa shape index (κ1) is 26.8. The van der Waals surface area contributed by atoms with E-state index in [0.29, 0.717) is 30.0 Å². The van der Waals surface area contributed by atoms with Crippen molar-refractivity contribution in [3.05, 3.63) is 59.4 Å². The molecule has 3 N–H and O–H groups in total. The summed E-state index contributed by atoms with van der Waals surface area (Å²) in [7, 11) is 1.69. The van der Waals surface area contributed by atoms with Crippen molar-refractivity contribution in [2.45, 2.75) is 19.8 Å². The molecule has 1 aromatic heterocycles. The van der Waals surface area contributed by atoms with Crippen LogP contribution in [0.5, 0.6) is 0 Å². The van der Waals surface area contributed by atoms with Crippen LogP contribution in [0.15, 0.2) is 42.7 Å². The van der Waals surface area contributed by atoms with Gasteiger partial charge in [0.25, 0.3) is 11.8 Å². The number of amides is 2. The van der Waals surface area contributed by atoms with E-state index in [4.69, 9.17) is 4.74 Å². The number of para-hydroxylation sites is 1. The Kier molecular flexibility index (Phi) is 10.9. The van der Waals surface area contributed by atoms with Crippen molar-refractivity contribution in [2.75, 3.05) is 38.7 Å². The Labute approximate surface area is 195 Å². The van der Waals surface area contributed by atoms with Crippen molar-refractivity contribution in [2.24, 2.45) is 5.41 Å². The van der Waals surface area contributed by atoms with Crippen LogP contribution >= 0.6 is 24.8 Å². The van der Waals surface area contributed by atoms with Gasteiger partial charge in [-0.15, -0.1) is 24.8 Å². The summed E-state index contributed by atoms with van der Waals surface area (Å²) in [5, 5.41) is 9.30. The number of methoxy groups -OCH3 is 1. The molecule has 0 bridgehead atoms. The van der Waals surface area contributed by atoms with Gasteiger partial charge < -0.3 is 20.7 Å². The van der Waals surface area contributed by atoms with Crippen LogP contribution in [-0.4, -0.2) is 50.1 Å². The van der Waals surface area contributed by atoms with Gasteiger partial charge in [0.1, 0.15) is 0 Å². The maximum atomic E-state index is 13.0. The van der Waals surface area contributed by atoms with Gasteiger partial charge in [0.15, 0.2) is 0 Å². The predicted octanol–water partition coefficient (Wildman–Crippen LogP) is 3.23. The zero-order valence-electron chi connectivity index (χ0n) is 17.8. The molecule has 0 unspecified atom stereocenters. The van der Waals surface area contributed by atoms with Crippen molar-refractivity contribution in [3.8, 4) is 0 Å². The molecule has 0 spiro atoms. The number of carbonyl (C=O) groups is 2. The highest BCUT2D eigenvalue weighted by Gasteiger charge is 2.32. The zero-order chi connectivity index (χ0) is 20.7. The van der Waals surface area contributed by atoms with Gasteiger partial charge in [0, 0.05) is 37.0 Å². The number of benzene rings is 1. The van der Waals surface area contributed by atoms with Crippen LogP contribution in [0, 0.1) is 12.3 Å². The first-order chi connectivity index (χ1) is 14.0. The van der Waals surface area contributed by atoms with E-state index in [2.05, 4.69) is 20.9 Å². The molecule has 3 rings (SSSR count). The molecule has 1 saturated heterocycles. The Hall–Kier alpha value is -2.19. The molecule has 2 amide bonds. The molecule has 1 aromatic carbocycles. The Bertz CT molecular complexity index is 854. The number of hydrogen-bond acceptors (Lipinski definition) is 5. The number of nitrogens with one attached hydrogen (secondary N) is 3. The molecule has 1 fully saturated rings. The number of carbonyl (C=O) groups excluding carboxylic acids is 2. The van der Waals surface area contributed by atoms with Gasteiger partial charge in [-0.2, -0.15) is 0 Å². The molecular weight excluding hydrogens is 439 g/mol. The van der Waals surface area contributed by atoms with E-state index < -0.39 is 0 Å². The number of piperidine rings is 1. The number of hydrogen-bond donors (Lipinski definition) is 3. The summed E-state index contributed by atoms with van der Waals surface area (Å²) in [5.74, 6) is -0.474. The minimum absolute atomic E-state index is 0. The van der Waals surface area contributed by atoms with Gasteiger partial charge in [-0.1, -0.05) is 12.1 Å². The molecule has 9 heteroatoms. The van der Waals surface area contributed by atoms with E-state index in [-0.39, 0.29) is 42.0 Å². The quantitative estimate of drug-likeness (QED) is 0.579. The molecule has 2 heterocycles.